The molecule has 0 unspecified atom stereocenters. The van der Waals surface area contributed by atoms with Gasteiger partial charge < -0.3 is 0 Å². The molecule has 1 fully saturated rings. The average Bonchev–Trinajstić information content (AvgIpc) is 2.05. The minimum Gasteiger partial charge on any atom is -0.298 e. The molecule has 0 heterocycles. The van der Waals surface area contributed by atoms with Gasteiger partial charge in [0.1, 0.15) is 5.78 Å². The summed E-state index contributed by atoms with van der Waals surface area (Å²) in [4.78, 5) is 11.2. The fraction of sp³-hybridized carbons (Fsp3) is 0.700. The van der Waals surface area contributed by atoms with Crippen LogP contribution in [0.25, 0.3) is 0 Å². The molecule has 1 aliphatic rings. The van der Waals surface area contributed by atoms with E-state index in [1.807, 2.05) is 0 Å². The fourth-order valence-electron chi connectivity index (χ4n) is 1.75. The van der Waals surface area contributed by atoms with Crippen molar-refractivity contribution < 1.29 is 4.79 Å². The second kappa shape index (κ2) is 3.09. The van der Waals surface area contributed by atoms with Crippen molar-refractivity contribution in [2.24, 2.45) is 5.41 Å². The van der Waals surface area contributed by atoms with Gasteiger partial charge in [0.2, 0.25) is 0 Å². The zero-order chi connectivity index (χ0) is 8.32. The Hall–Kier alpha value is -0.770. The highest BCUT2D eigenvalue weighted by molar-refractivity contribution is 5.85. The lowest BCUT2D eigenvalue weighted by Crippen LogP contribution is -2.29. The molecule has 1 aliphatic carbocycles. The summed E-state index contributed by atoms with van der Waals surface area (Å²) >= 11 is 0. The van der Waals surface area contributed by atoms with Crippen molar-refractivity contribution >= 4 is 5.78 Å². The largest absolute Gasteiger partial charge is 0.298 e. The third kappa shape index (κ3) is 1.45. The van der Waals surface area contributed by atoms with Gasteiger partial charge in [-0.3, -0.25) is 4.79 Å². The van der Waals surface area contributed by atoms with Crippen LogP contribution in [-0.4, -0.2) is 5.78 Å². The Morgan fingerprint density at radius 1 is 1.36 bits per heavy atom. The van der Waals surface area contributed by atoms with Crippen molar-refractivity contribution in [1.82, 2.24) is 0 Å². The quantitative estimate of drug-likeness (QED) is 0.523. The van der Waals surface area contributed by atoms with Crippen LogP contribution in [0.2, 0.25) is 0 Å². The van der Waals surface area contributed by atoms with Crippen LogP contribution in [0.5, 0.6) is 0 Å². The number of ketones is 1. The Kier molecular flexibility index (Phi) is 2.34. The smallest absolute Gasteiger partial charge is 0.147 e. The van der Waals surface area contributed by atoms with E-state index >= 15 is 0 Å². The van der Waals surface area contributed by atoms with Crippen molar-refractivity contribution in [3.63, 3.8) is 0 Å². The molecule has 1 heteroatoms. The summed E-state index contributed by atoms with van der Waals surface area (Å²) in [6.45, 7) is 1.62. The van der Waals surface area contributed by atoms with Crippen LogP contribution in [-0.2, 0) is 4.79 Å². The minimum atomic E-state index is -0.391. The maximum Gasteiger partial charge on any atom is 0.147 e. The molecule has 0 aromatic rings. The van der Waals surface area contributed by atoms with Gasteiger partial charge in [-0.2, -0.15) is 0 Å². The van der Waals surface area contributed by atoms with E-state index in [0.29, 0.717) is 0 Å². The number of terminal acetylenes is 1. The summed E-state index contributed by atoms with van der Waals surface area (Å²) in [7, 11) is 0. The van der Waals surface area contributed by atoms with Crippen molar-refractivity contribution in [3.8, 4) is 12.3 Å². The number of hydrogen-bond acceptors (Lipinski definition) is 1. The molecule has 11 heavy (non-hydrogen) atoms. The third-order valence-electron chi connectivity index (χ3n) is 2.66. The van der Waals surface area contributed by atoms with Gasteiger partial charge in [0, 0.05) is 0 Å². The summed E-state index contributed by atoms with van der Waals surface area (Å²) in [6, 6.07) is 0. The first-order valence-electron chi connectivity index (χ1n) is 4.20. The van der Waals surface area contributed by atoms with E-state index in [1.165, 1.54) is 6.42 Å². The predicted octanol–water partition coefficient (Wildman–Crippen LogP) is 2.16. The number of carbonyl (C=O) groups excluding carboxylic acids is 1. The van der Waals surface area contributed by atoms with Gasteiger partial charge in [0.05, 0.1) is 5.41 Å². The van der Waals surface area contributed by atoms with E-state index in [2.05, 4.69) is 5.92 Å². The maximum atomic E-state index is 11.2. The molecule has 0 saturated heterocycles. The van der Waals surface area contributed by atoms with Crippen LogP contribution in [0.1, 0.15) is 39.0 Å². The highest BCUT2D eigenvalue weighted by Crippen LogP contribution is 2.36. The SMILES string of the molecule is C#CC1(C(C)=O)CCCCC1. The van der Waals surface area contributed by atoms with E-state index in [-0.39, 0.29) is 5.78 Å². The third-order valence-corrected chi connectivity index (χ3v) is 2.66. The second-order valence-corrected chi connectivity index (χ2v) is 3.34. The van der Waals surface area contributed by atoms with Crippen molar-refractivity contribution in [2.75, 3.05) is 0 Å². The maximum absolute atomic E-state index is 11.2. The van der Waals surface area contributed by atoms with Gasteiger partial charge in [0.15, 0.2) is 0 Å². The molecule has 0 bridgehead atoms. The lowest BCUT2D eigenvalue weighted by Gasteiger charge is -2.29. The first-order chi connectivity index (χ1) is 5.21. The molecule has 0 radical (unpaired) electrons. The van der Waals surface area contributed by atoms with Crippen LogP contribution in [0, 0.1) is 17.8 Å². The molecule has 0 atom stereocenters. The molecule has 0 aromatic heterocycles. The van der Waals surface area contributed by atoms with Gasteiger partial charge in [-0.15, -0.1) is 6.42 Å². The Labute approximate surface area is 68.2 Å². The molecule has 0 aromatic carbocycles. The lowest BCUT2D eigenvalue weighted by atomic mass is 9.72. The molecule has 0 aliphatic heterocycles. The van der Waals surface area contributed by atoms with Gasteiger partial charge >= 0.3 is 0 Å². The van der Waals surface area contributed by atoms with Gasteiger partial charge in [-0.05, 0) is 19.8 Å². The molecule has 0 spiro atoms. The molecular weight excluding hydrogens is 136 g/mol. The molecule has 0 N–H and O–H groups in total. The Bertz CT molecular complexity index is 191. The summed E-state index contributed by atoms with van der Waals surface area (Å²) in [6.07, 6.45) is 10.6. The lowest BCUT2D eigenvalue weighted by molar-refractivity contribution is -0.125. The average molecular weight is 150 g/mol. The Morgan fingerprint density at radius 2 is 1.91 bits per heavy atom. The predicted molar refractivity (Wildman–Crippen MR) is 45.0 cm³/mol. The van der Waals surface area contributed by atoms with Crippen molar-refractivity contribution in [3.05, 3.63) is 0 Å². The van der Waals surface area contributed by atoms with Crippen LogP contribution in [0.3, 0.4) is 0 Å². The van der Waals surface area contributed by atoms with Crippen LogP contribution >= 0.6 is 0 Å². The topological polar surface area (TPSA) is 17.1 Å². The van der Waals surface area contributed by atoms with Gasteiger partial charge in [-0.1, -0.05) is 25.2 Å². The highest BCUT2D eigenvalue weighted by atomic mass is 16.1. The van der Waals surface area contributed by atoms with E-state index in [0.717, 1.165) is 25.7 Å². The van der Waals surface area contributed by atoms with Crippen LogP contribution < -0.4 is 0 Å². The van der Waals surface area contributed by atoms with Crippen molar-refractivity contribution in [2.45, 2.75) is 39.0 Å². The summed E-state index contributed by atoms with van der Waals surface area (Å²) < 4.78 is 0. The number of Topliss-reactive ketones (excluding diaryl/α,β-unsaturated/α-hetero) is 1. The van der Waals surface area contributed by atoms with E-state index in [9.17, 15) is 4.79 Å². The second-order valence-electron chi connectivity index (χ2n) is 3.34. The Balaban J connectivity index is 2.75. The normalized spacial score (nSPS) is 22.2. The fourth-order valence-corrected chi connectivity index (χ4v) is 1.75. The molecule has 1 saturated carbocycles. The first kappa shape index (κ1) is 8.33. The number of rotatable bonds is 1. The molecule has 60 valence electrons. The van der Waals surface area contributed by atoms with Crippen LogP contribution in [0.15, 0.2) is 0 Å². The zero-order valence-corrected chi connectivity index (χ0v) is 7.02. The molecular formula is C10H14O. The monoisotopic (exact) mass is 150 g/mol. The summed E-state index contributed by atoms with van der Waals surface area (Å²) in [5.41, 5.74) is -0.391. The minimum absolute atomic E-state index is 0.180. The zero-order valence-electron chi connectivity index (χ0n) is 7.02. The molecule has 0 amide bonds. The molecule has 1 nitrogen and oxygen atoms in total. The van der Waals surface area contributed by atoms with E-state index < -0.39 is 5.41 Å². The van der Waals surface area contributed by atoms with E-state index in [1.54, 1.807) is 6.92 Å². The first-order valence-corrected chi connectivity index (χ1v) is 4.20. The standard InChI is InChI=1S/C10H14O/c1-3-10(9(2)11)7-5-4-6-8-10/h1H,4-8H2,2H3. The summed E-state index contributed by atoms with van der Waals surface area (Å²) in [5.74, 6) is 2.85. The van der Waals surface area contributed by atoms with Crippen LogP contribution in [0.4, 0.5) is 0 Å². The highest BCUT2D eigenvalue weighted by Gasteiger charge is 2.34. The van der Waals surface area contributed by atoms with Gasteiger partial charge in [0.25, 0.3) is 0 Å². The van der Waals surface area contributed by atoms with E-state index in [4.69, 9.17) is 6.42 Å². The summed E-state index contributed by atoms with van der Waals surface area (Å²) in [5, 5.41) is 0. The number of hydrogen-bond donors (Lipinski definition) is 0. The van der Waals surface area contributed by atoms with Gasteiger partial charge in [-0.25, -0.2) is 0 Å². The number of carbonyl (C=O) groups is 1. The Morgan fingerprint density at radius 3 is 2.18 bits per heavy atom. The van der Waals surface area contributed by atoms with Crippen molar-refractivity contribution in [1.29, 1.82) is 0 Å². The molecule has 1 rings (SSSR count).